The Morgan fingerprint density at radius 2 is 2.08 bits per heavy atom. The summed E-state index contributed by atoms with van der Waals surface area (Å²) in [6.07, 6.45) is 7.78. The molecular weight excluding hydrogens is 306 g/mol. The number of aliphatic hydroxyl groups is 1. The lowest BCUT2D eigenvalue weighted by atomic mass is 9.97. The molecule has 136 valence electrons. The summed E-state index contributed by atoms with van der Waals surface area (Å²) in [6.45, 7) is 4.03. The standard InChI is InChI=1S/C18H31N3O3/c22-16(13-20-12-8-18(24,14-20)15-6-7-15)19-9-4-11-21-10-3-1-2-5-17(21)23/h15,24H,1-14H2,(H,19,22). The van der Waals surface area contributed by atoms with Crippen LogP contribution < -0.4 is 5.32 Å². The molecule has 2 aliphatic heterocycles. The Morgan fingerprint density at radius 3 is 2.88 bits per heavy atom. The van der Waals surface area contributed by atoms with Crippen molar-refractivity contribution in [3.05, 3.63) is 0 Å². The Balaban J connectivity index is 1.29. The van der Waals surface area contributed by atoms with Crippen LogP contribution in [0.25, 0.3) is 0 Å². The fraction of sp³-hybridized carbons (Fsp3) is 0.889. The second-order valence-electron chi connectivity index (χ2n) is 7.73. The van der Waals surface area contributed by atoms with Gasteiger partial charge >= 0.3 is 0 Å². The van der Waals surface area contributed by atoms with Gasteiger partial charge < -0.3 is 15.3 Å². The predicted molar refractivity (Wildman–Crippen MR) is 91.4 cm³/mol. The van der Waals surface area contributed by atoms with Gasteiger partial charge in [0.1, 0.15) is 0 Å². The van der Waals surface area contributed by atoms with Crippen LogP contribution in [-0.4, -0.2) is 71.6 Å². The first-order valence-electron chi connectivity index (χ1n) is 9.56. The van der Waals surface area contributed by atoms with E-state index in [1.807, 2.05) is 4.90 Å². The maximum absolute atomic E-state index is 12.1. The normalized spacial score (nSPS) is 28.9. The van der Waals surface area contributed by atoms with Gasteiger partial charge in [0.25, 0.3) is 0 Å². The number of carbonyl (C=O) groups is 2. The Labute approximate surface area is 144 Å². The SMILES string of the molecule is O=C(CN1CCC(O)(C2CC2)C1)NCCCN1CCCCCC1=O. The smallest absolute Gasteiger partial charge is 0.234 e. The number of hydrogen-bond acceptors (Lipinski definition) is 4. The van der Waals surface area contributed by atoms with Crippen LogP contribution in [0.5, 0.6) is 0 Å². The van der Waals surface area contributed by atoms with Gasteiger partial charge in [-0.15, -0.1) is 0 Å². The van der Waals surface area contributed by atoms with Gasteiger partial charge in [-0.25, -0.2) is 0 Å². The number of β-amino-alcohol motifs (C(OH)–C–C–N with tert-alkyl or cyclic N) is 1. The Hall–Kier alpha value is -1.14. The van der Waals surface area contributed by atoms with E-state index in [0.717, 1.165) is 64.6 Å². The Bertz CT molecular complexity index is 466. The molecular formula is C18H31N3O3. The number of rotatable bonds is 7. The average molecular weight is 337 g/mol. The average Bonchev–Trinajstić information content (AvgIpc) is 3.35. The summed E-state index contributed by atoms with van der Waals surface area (Å²) in [5.74, 6) is 0.740. The van der Waals surface area contributed by atoms with Crippen LogP contribution in [0.1, 0.15) is 51.4 Å². The van der Waals surface area contributed by atoms with Crippen molar-refractivity contribution in [2.75, 3.05) is 39.3 Å². The van der Waals surface area contributed by atoms with Crippen LogP contribution in [0.4, 0.5) is 0 Å². The van der Waals surface area contributed by atoms with Crippen molar-refractivity contribution >= 4 is 11.8 Å². The third kappa shape index (κ3) is 4.70. The first-order chi connectivity index (χ1) is 11.6. The zero-order valence-corrected chi connectivity index (χ0v) is 14.6. The van der Waals surface area contributed by atoms with E-state index < -0.39 is 5.60 Å². The molecule has 0 aromatic rings. The molecule has 24 heavy (non-hydrogen) atoms. The lowest BCUT2D eigenvalue weighted by Crippen LogP contribution is -2.41. The molecule has 0 bridgehead atoms. The van der Waals surface area contributed by atoms with E-state index in [4.69, 9.17) is 0 Å². The first kappa shape index (κ1) is 17.7. The van der Waals surface area contributed by atoms with Gasteiger partial charge in [-0.2, -0.15) is 0 Å². The molecule has 6 nitrogen and oxygen atoms in total. The van der Waals surface area contributed by atoms with Crippen molar-refractivity contribution in [2.24, 2.45) is 5.92 Å². The van der Waals surface area contributed by atoms with E-state index in [-0.39, 0.29) is 11.8 Å². The molecule has 0 aromatic carbocycles. The highest BCUT2D eigenvalue weighted by molar-refractivity contribution is 5.78. The summed E-state index contributed by atoms with van der Waals surface area (Å²) < 4.78 is 0. The quantitative estimate of drug-likeness (QED) is 0.672. The molecule has 0 spiro atoms. The summed E-state index contributed by atoms with van der Waals surface area (Å²) in [7, 11) is 0. The van der Waals surface area contributed by atoms with Gasteiger partial charge in [0.2, 0.25) is 11.8 Å². The second-order valence-corrected chi connectivity index (χ2v) is 7.73. The first-order valence-corrected chi connectivity index (χ1v) is 9.56. The summed E-state index contributed by atoms with van der Waals surface area (Å²) in [4.78, 5) is 28.0. The molecule has 1 aliphatic carbocycles. The molecule has 3 aliphatic rings. The minimum Gasteiger partial charge on any atom is -0.388 e. The van der Waals surface area contributed by atoms with E-state index >= 15 is 0 Å². The van der Waals surface area contributed by atoms with Gasteiger partial charge in [-0.05, 0) is 44.4 Å². The van der Waals surface area contributed by atoms with Crippen LogP contribution in [0.15, 0.2) is 0 Å². The van der Waals surface area contributed by atoms with Crippen LogP contribution in [-0.2, 0) is 9.59 Å². The van der Waals surface area contributed by atoms with E-state index in [0.29, 0.717) is 32.0 Å². The largest absolute Gasteiger partial charge is 0.388 e. The van der Waals surface area contributed by atoms with E-state index in [1.54, 1.807) is 0 Å². The Morgan fingerprint density at radius 1 is 1.25 bits per heavy atom. The number of hydrogen-bond donors (Lipinski definition) is 2. The summed E-state index contributed by atoms with van der Waals surface area (Å²) in [5, 5.41) is 13.5. The molecule has 6 heteroatoms. The predicted octanol–water partition coefficient (Wildman–Crippen LogP) is 0.742. The van der Waals surface area contributed by atoms with Gasteiger partial charge in [0.15, 0.2) is 0 Å². The molecule has 3 rings (SSSR count). The van der Waals surface area contributed by atoms with E-state index in [1.165, 1.54) is 0 Å². The van der Waals surface area contributed by atoms with Gasteiger partial charge in [0.05, 0.1) is 12.1 Å². The summed E-state index contributed by atoms with van der Waals surface area (Å²) in [5.41, 5.74) is -0.548. The fourth-order valence-corrected chi connectivity index (χ4v) is 4.02. The highest BCUT2D eigenvalue weighted by Gasteiger charge is 2.47. The van der Waals surface area contributed by atoms with Crippen molar-refractivity contribution < 1.29 is 14.7 Å². The maximum Gasteiger partial charge on any atom is 0.234 e. The number of nitrogens with one attached hydrogen (secondary N) is 1. The zero-order chi connectivity index (χ0) is 17.0. The van der Waals surface area contributed by atoms with Gasteiger partial charge in [0, 0.05) is 39.1 Å². The highest BCUT2D eigenvalue weighted by Crippen LogP contribution is 2.44. The minimum atomic E-state index is -0.548. The van der Waals surface area contributed by atoms with Gasteiger partial charge in [-0.3, -0.25) is 14.5 Å². The molecule has 0 radical (unpaired) electrons. The lowest BCUT2D eigenvalue weighted by Gasteiger charge is -2.23. The molecule has 3 fully saturated rings. The topological polar surface area (TPSA) is 72.9 Å². The van der Waals surface area contributed by atoms with Crippen LogP contribution in [0, 0.1) is 5.92 Å². The number of nitrogens with zero attached hydrogens (tertiary/aromatic N) is 2. The molecule has 1 unspecified atom stereocenters. The molecule has 2 amide bonds. The lowest BCUT2D eigenvalue weighted by molar-refractivity contribution is -0.130. The van der Waals surface area contributed by atoms with Crippen molar-refractivity contribution in [1.82, 2.24) is 15.1 Å². The third-order valence-electron chi connectivity index (χ3n) is 5.66. The van der Waals surface area contributed by atoms with Crippen molar-refractivity contribution in [3.63, 3.8) is 0 Å². The molecule has 0 aromatic heterocycles. The van der Waals surface area contributed by atoms with Gasteiger partial charge in [-0.1, -0.05) is 6.42 Å². The zero-order valence-electron chi connectivity index (χ0n) is 14.6. The Kier molecular flexibility index (Phi) is 5.76. The maximum atomic E-state index is 12.1. The monoisotopic (exact) mass is 337 g/mol. The third-order valence-corrected chi connectivity index (χ3v) is 5.66. The fourth-order valence-electron chi connectivity index (χ4n) is 4.02. The van der Waals surface area contributed by atoms with Crippen LogP contribution in [0.3, 0.4) is 0 Å². The molecule has 2 N–H and O–H groups in total. The highest BCUT2D eigenvalue weighted by atomic mass is 16.3. The van der Waals surface area contributed by atoms with Crippen molar-refractivity contribution in [2.45, 2.75) is 57.0 Å². The van der Waals surface area contributed by atoms with Crippen molar-refractivity contribution in [1.29, 1.82) is 0 Å². The minimum absolute atomic E-state index is 0.0252. The summed E-state index contributed by atoms with van der Waals surface area (Å²) in [6, 6.07) is 0. The number of amides is 2. The summed E-state index contributed by atoms with van der Waals surface area (Å²) >= 11 is 0. The second kappa shape index (κ2) is 7.83. The molecule has 2 heterocycles. The number of carbonyl (C=O) groups excluding carboxylic acids is 2. The molecule has 1 saturated carbocycles. The molecule has 2 saturated heterocycles. The van der Waals surface area contributed by atoms with Crippen LogP contribution in [0.2, 0.25) is 0 Å². The molecule has 1 atom stereocenters. The van der Waals surface area contributed by atoms with E-state index in [2.05, 4.69) is 10.2 Å². The van der Waals surface area contributed by atoms with E-state index in [9.17, 15) is 14.7 Å². The number of likely N-dealkylation sites (tertiary alicyclic amines) is 2. The van der Waals surface area contributed by atoms with Crippen LogP contribution >= 0.6 is 0 Å². The van der Waals surface area contributed by atoms with Crippen molar-refractivity contribution in [3.8, 4) is 0 Å².